The lowest BCUT2D eigenvalue weighted by Crippen LogP contribution is -2.51. The van der Waals surface area contributed by atoms with Crippen LogP contribution in [0.15, 0.2) is 0 Å². The van der Waals surface area contributed by atoms with Gasteiger partial charge in [0.25, 0.3) is 0 Å². The second-order valence-electron chi connectivity index (χ2n) is 4.34. The highest BCUT2D eigenvalue weighted by atomic mass is 16.5. The lowest BCUT2D eigenvalue weighted by molar-refractivity contribution is -0.0452. The van der Waals surface area contributed by atoms with Gasteiger partial charge in [-0.05, 0) is 20.0 Å². The molecule has 3 nitrogen and oxygen atoms in total. The Morgan fingerprint density at radius 2 is 2.27 bits per heavy atom. The second kappa shape index (κ2) is 7.20. The third kappa shape index (κ3) is 4.09. The first-order valence-electron chi connectivity index (χ1n) is 6.33. The summed E-state index contributed by atoms with van der Waals surface area (Å²) < 4.78 is 5.86. The van der Waals surface area contributed by atoms with Crippen molar-refractivity contribution < 1.29 is 4.74 Å². The smallest absolute Gasteiger partial charge is 0.0855 e. The summed E-state index contributed by atoms with van der Waals surface area (Å²) in [5.74, 6) is 0. The molecule has 3 heteroatoms. The molecule has 0 aromatic heterocycles. The van der Waals surface area contributed by atoms with Crippen molar-refractivity contribution in [2.75, 3.05) is 33.3 Å². The van der Waals surface area contributed by atoms with Crippen molar-refractivity contribution in [2.24, 2.45) is 0 Å². The molecule has 0 aliphatic carbocycles. The van der Waals surface area contributed by atoms with E-state index in [-0.39, 0.29) is 0 Å². The number of nitrogens with zero attached hydrogens (tertiary/aromatic N) is 1. The number of likely N-dealkylation sites (N-methyl/N-ethyl adjacent to an activating group) is 2. The summed E-state index contributed by atoms with van der Waals surface area (Å²) in [6, 6.07) is 0.527. The molecule has 15 heavy (non-hydrogen) atoms. The van der Waals surface area contributed by atoms with Gasteiger partial charge in [0.2, 0.25) is 0 Å². The molecule has 1 N–H and O–H groups in total. The zero-order chi connectivity index (χ0) is 11.1. The lowest BCUT2D eigenvalue weighted by Gasteiger charge is -2.36. The Labute approximate surface area is 94.2 Å². The highest BCUT2D eigenvalue weighted by molar-refractivity contribution is 4.81. The van der Waals surface area contributed by atoms with Crippen LogP contribution in [0.1, 0.15) is 33.1 Å². The number of unbranched alkanes of at least 4 members (excludes halogenated alkanes) is 1. The molecule has 2 unspecified atom stereocenters. The van der Waals surface area contributed by atoms with Gasteiger partial charge < -0.3 is 10.1 Å². The van der Waals surface area contributed by atoms with Crippen LogP contribution in [0.2, 0.25) is 0 Å². The monoisotopic (exact) mass is 214 g/mol. The maximum atomic E-state index is 5.86. The quantitative estimate of drug-likeness (QED) is 0.725. The van der Waals surface area contributed by atoms with Crippen LogP contribution in [0.4, 0.5) is 0 Å². The van der Waals surface area contributed by atoms with Gasteiger partial charge >= 0.3 is 0 Å². The molecule has 0 saturated carbocycles. The van der Waals surface area contributed by atoms with Gasteiger partial charge in [0.05, 0.1) is 12.7 Å². The fourth-order valence-electron chi connectivity index (χ4n) is 2.20. The van der Waals surface area contributed by atoms with Gasteiger partial charge in [-0.3, -0.25) is 4.90 Å². The van der Waals surface area contributed by atoms with E-state index in [0.717, 1.165) is 26.2 Å². The molecule has 1 fully saturated rings. The van der Waals surface area contributed by atoms with Crippen molar-refractivity contribution in [1.29, 1.82) is 0 Å². The summed E-state index contributed by atoms with van der Waals surface area (Å²) in [5, 5.41) is 3.40. The molecule has 0 bridgehead atoms. The fourth-order valence-corrected chi connectivity index (χ4v) is 2.20. The summed E-state index contributed by atoms with van der Waals surface area (Å²) in [4.78, 5) is 2.48. The van der Waals surface area contributed by atoms with Crippen molar-refractivity contribution in [3.05, 3.63) is 0 Å². The van der Waals surface area contributed by atoms with Gasteiger partial charge in [-0.25, -0.2) is 0 Å². The van der Waals surface area contributed by atoms with Crippen molar-refractivity contribution in [3.8, 4) is 0 Å². The summed E-state index contributed by atoms with van der Waals surface area (Å²) in [5.41, 5.74) is 0. The minimum absolute atomic E-state index is 0.384. The van der Waals surface area contributed by atoms with Gasteiger partial charge in [0.15, 0.2) is 0 Å². The molecule has 1 aliphatic heterocycles. The molecule has 1 rings (SSSR count). The van der Waals surface area contributed by atoms with E-state index in [2.05, 4.69) is 31.1 Å². The van der Waals surface area contributed by atoms with E-state index in [4.69, 9.17) is 4.74 Å². The van der Waals surface area contributed by atoms with Crippen molar-refractivity contribution in [3.63, 3.8) is 0 Å². The third-order valence-electron chi connectivity index (χ3n) is 3.31. The van der Waals surface area contributed by atoms with E-state index >= 15 is 0 Å². The topological polar surface area (TPSA) is 24.5 Å². The molecule has 0 aromatic carbocycles. The molecular weight excluding hydrogens is 188 g/mol. The number of morpholine rings is 1. The molecule has 0 radical (unpaired) electrons. The minimum Gasteiger partial charge on any atom is -0.374 e. The summed E-state index contributed by atoms with van der Waals surface area (Å²) >= 11 is 0. The van der Waals surface area contributed by atoms with Crippen molar-refractivity contribution >= 4 is 0 Å². The Morgan fingerprint density at radius 1 is 1.47 bits per heavy atom. The van der Waals surface area contributed by atoms with E-state index in [9.17, 15) is 0 Å². The zero-order valence-electron chi connectivity index (χ0n) is 10.5. The van der Waals surface area contributed by atoms with Gasteiger partial charge in [0.1, 0.15) is 0 Å². The Bertz CT molecular complexity index is 164. The van der Waals surface area contributed by atoms with E-state index in [1.54, 1.807) is 0 Å². The zero-order valence-corrected chi connectivity index (χ0v) is 10.5. The Hall–Kier alpha value is -0.120. The number of rotatable bonds is 6. The number of hydrogen-bond acceptors (Lipinski definition) is 3. The molecule has 1 aliphatic rings. The van der Waals surface area contributed by atoms with Crippen LogP contribution in [0.5, 0.6) is 0 Å². The van der Waals surface area contributed by atoms with Gasteiger partial charge in [-0.15, -0.1) is 0 Å². The van der Waals surface area contributed by atoms with Crippen molar-refractivity contribution in [1.82, 2.24) is 10.2 Å². The van der Waals surface area contributed by atoms with E-state index < -0.39 is 0 Å². The number of hydrogen-bond donors (Lipinski definition) is 1. The minimum atomic E-state index is 0.384. The van der Waals surface area contributed by atoms with Crippen LogP contribution in [0.25, 0.3) is 0 Å². The van der Waals surface area contributed by atoms with Crippen LogP contribution in [0.3, 0.4) is 0 Å². The van der Waals surface area contributed by atoms with Crippen LogP contribution >= 0.6 is 0 Å². The molecule has 1 saturated heterocycles. The predicted molar refractivity (Wildman–Crippen MR) is 64.2 cm³/mol. The third-order valence-corrected chi connectivity index (χ3v) is 3.31. The fraction of sp³-hybridized carbons (Fsp3) is 1.00. The van der Waals surface area contributed by atoms with E-state index in [0.29, 0.717) is 12.1 Å². The van der Waals surface area contributed by atoms with Crippen molar-refractivity contribution in [2.45, 2.75) is 45.3 Å². The van der Waals surface area contributed by atoms with Gasteiger partial charge in [0, 0.05) is 19.1 Å². The highest BCUT2D eigenvalue weighted by Crippen LogP contribution is 2.13. The normalized spacial score (nSPS) is 25.4. The average Bonchev–Trinajstić information content (AvgIpc) is 2.30. The average molecular weight is 214 g/mol. The van der Waals surface area contributed by atoms with Crippen LogP contribution in [-0.4, -0.2) is 50.3 Å². The molecule has 2 atom stereocenters. The molecule has 0 spiro atoms. The predicted octanol–water partition coefficient (Wildman–Crippen LogP) is 1.49. The Kier molecular flexibility index (Phi) is 6.22. The largest absolute Gasteiger partial charge is 0.374 e. The van der Waals surface area contributed by atoms with Gasteiger partial charge in [-0.1, -0.05) is 26.7 Å². The SMILES string of the molecule is CCCCC(NC)C1CN(CC)CCO1. The molecule has 0 aromatic rings. The summed E-state index contributed by atoms with van der Waals surface area (Å²) in [7, 11) is 2.05. The van der Waals surface area contributed by atoms with Crippen LogP contribution in [-0.2, 0) is 4.74 Å². The summed E-state index contributed by atoms with van der Waals surface area (Å²) in [6.45, 7) is 8.69. The van der Waals surface area contributed by atoms with E-state index in [1.165, 1.54) is 19.3 Å². The number of ether oxygens (including phenoxy) is 1. The van der Waals surface area contributed by atoms with Crippen LogP contribution < -0.4 is 5.32 Å². The molecule has 0 amide bonds. The Balaban J connectivity index is 2.37. The first-order chi connectivity index (χ1) is 7.31. The maximum absolute atomic E-state index is 5.86. The standard InChI is InChI=1S/C12H26N2O/c1-4-6-7-11(13-3)12-10-14(5-2)8-9-15-12/h11-13H,4-10H2,1-3H3. The Morgan fingerprint density at radius 3 is 2.87 bits per heavy atom. The molecular formula is C12H26N2O. The second-order valence-corrected chi connectivity index (χ2v) is 4.34. The number of nitrogens with one attached hydrogen (secondary N) is 1. The lowest BCUT2D eigenvalue weighted by atomic mass is 10.0. The highest BCUT2D eigenvalue weighted by Gasteiger charge is 2.25. The van der Waals surface area contributed by atoms with E-state index in [1.807, 2.05) is 0 Å². The maximum Gasteiger partial charge on any atom is 0.0855 e. The molecule has 1 heterocycles. The first-order valence-corrected chi connectivity index (χ1v) is 6.33. The first kappa shape index (κ1) is 12.9. The summed E-state index contributed by atoms with van der Waals surface area (Å²) in [6.07, 6.45) is 4.17. The van der Waals surface area contributed by atoms with Gasteiger partial charge in [-0.2, -0.15) is 0 Å². The van der Waals surface area contributed by atoms with Crippen LogP contribution in [0, 0.1) is 0 Å². The molecule has 90 valence electrons.